The molecule has 6 heteroatoms. The fraction of sp³-hybridized carbons (Fsp3) is 0.350. The average molecular weight is 384 g/mol. The highest BCUT2D eigenvalue weighted by Gasteiger charge is 2.14. The van der Waals surface area contributed by atoms with Crippen LogP contribution in [-0.4, -0.2) is 21.6 Å². The summed E-state index contributed by atoms with van der Waals surface area (Å²) in [6.45, 7) is 4.22. The van der Waals surface area contributed by atoms with Crippen molar-refractivity contribution >= 4 is 44.9 Å². The number of carbonyl (C=O) groups is 1. The number of anilines is 1. The smallest absolute Gasteiger partial charge is 0.225 e. The summed E-state index contributed by atoms with van der Waals surface area (Å²) in [5.41, 5.74) is 4.96. The van der Waals surface area contributed by atoms with E-state index in [1.54, 1.807) is 29.4 Å². The number of nitrogens with one attached hydrogen (secondary N) is 1. The van der Waals surface area contributed by atoms with Gasteiger partial charge in [0.15, 0.2) is 0 Å². The summed E-state index contributed by atoms with van der Waals surface area (Å²) in [5.74, 6) is 0.760. The normalized spacial score (nSPS) is 13.2. The van der Waals surface area contributed by atoms with Gasteiger partial charge in [-0.25, -0.2) is 9.97 Å². The van der Waals surface area contributed by atoms with E-state index in [0.29, 0.717) is 12.2 Å². The van der Waals surface area contributed by atoms with E-state index in [0.717, 1.165) is 33.8 Å². The molecule has 0 saturated heterocycles. The number of rotatable bonds is 5. The first-order chi connectivity index (χ1) is 12.6. The second-order valence-corrected chi connectivity index (χ2v) is 8.91. The Morgan fingerprint density at radius 2 is 2.08 bits per heavy atom. The summed E-state index contributed by atoms with van der Waals surface area (Å²) < 4.78 is 0. The van der Waals surface area contributed by atoms with Gasteiger partial charge < -0.3 is 5.32 Å². The van der Waals surface area contributed by atoms with Gasteiger partial charge in [0, 0.05) is 28.1 Å². The zero-order valence-corrected chi connectivity index (χ0v) is 16.6. The molecule has 26 heavy (non-hydrogen) atoms. The molecule has 1 aliphatic carbocycles. The van der Waals surface area contributed by atoms with Gasteiger partial charge in [-0.15, -0.1) is 23.1 Å². The van der Waals surface area contributed by atoms with E-state index in [1.165, 1.54) is 28.0 Å². The van der Waals surface area contributed by atoms with Crippen molar-refractivity contribution in [2.75, 3.05) is 11.1 Å². The number of thiophene rings is 1. The minimum atomic E-state index is 0.0546. The predicted molar refractivity (Wildman–Crippen MR) is 109 cm³/mol. The number of fused-ring (bicyclic) bond motifs is 2. The molecule has 0 aliphatic heterocycles. The number of carbonyl (C=O) groups excluding carboxylic acids is 1. The van der Waals surface area contributed by atoms with Crippen molar-refractivity contribution in [3.63, 3.8) is 0 Å². The van der Waals surface area contributed by atoms with E-state index in [1.807, 2.05) is 6.07 Å². The lowest BCUT2D eigenvalue weighted by Crippen LogP contribution is -2.12. The molecule has 0 radical (unpaired) electrons. The molecule has 1 amide bonds. The van der Waals surface area contributed by atoms with Crippen LogP contribution in [0.2, 0.25) is 0 Å². The quantitative estimate of drug-likeness (QED) is 0.502. The number of thioether (sulfide) groups is 1. The molecule has 0 atom stereocenters. The molecule has 2 aromatic heterocycles. The van der Waals surface area contributed by atoms with Crippen LogP contribution in [0.1, 0.15) is 34.4 Å². The maximum Gasteiger partial charge on any atom is 0.225 e. The van der Waals surface area contributed by atoms with Gasteiger partial charge in [-0.3, -0.25) is 4.79 Å². The molecule has 1 aliphatic rings. The summed E-state index contributed by atoms with van der Waals surface area (Å²) in [6.07, 6.45) is 5.59. The highest BCUT2D eigenvalue weighted by atomic mass is 32.2. The lowest BCUT2D eigenvalue weighted by Gasteiger charge is -2.08. The number of hydrogen-bond donors (Lipinski definition) is 1. The monoisotopic (exact) mass is 383 g/mol. The van der Waals surface area contributed by atoms with Crippen molar-refractivity contribution in [2.24, 2.45) is 0 Å². The molecule has 1 N–H and O–H groups in total. The molecule has 3 aromatic rings. The molecule has 0 bridgehead atoms. The number of nitrogens with zero attached hydrogens (tertiary/aromatic N) is 2. The standard InChI is InChI=1S/C20H21N3OS2/c1-12-13(2)26-20-18(12)19(21-11-22-20)25-9-8-17(24)23-16-7-6-14-4-3-5-15(14)10-16/h6-7,10-11H,3-5,8-9H2,1-2H3,(H,23,24). The van der Waals surface area contributed by atoms with Gasteiger partial charge in [0.1, 0.15) is 16.2 Å². The van der Waals surface area contributed by atoms with Crippen LogP contribution >= 0.6 is 23.1 Å². The van der Waals surface area contributed by atoms with Crippen LogP contribution in [0.3, 0.4) is 0 Å². The summed E-state index contributed by atoms with van der Waals surface area (Å²) >= 11 is 3.33. The highest BCUT2D eigenvalue weighted by Crippen LogP contribution is 2.34. The number of aryl methyl sites for hydroxylation is 4. The number of amides is 1. The molecule has 2 heterocycles. The Hall–Kier alpha value is -1.92. The first kappa shape index (κ1) is 17.5. The van der Waals surface area contributed by atoms with Crippen molar-refractivity contribution in [3.05, 3.63) is 46.1 Å². The largest absolute Gasteiger partial charge is 0.326 e. The minimum Gasteiger partial charge on any atom is -0.326 e. The summed E-state index contributed by atoms with van der Waals surface area (Å²) in [6, 6.07) is 6.28. The Morgan fingerprint density at radius 3 is 2.96 bits per heavy atom. The maximum absolute atomic E-state index is 12.3. The first-order valence-corrected chi connectivity index (χ1v) is 10.7. The number of aromatic nitrogens is 2. The lowest BCUT2D eigenvalue weighted by molar-refractivity contribution is -0.115. The predicted octanol–water partition coefficient (Wildman–Crippen LogP) is 4.92. The van der Waals surface area contributed by atoms with Gasteiger partial charge >= 0.3 is 0 Å². The van der Waals surface area contributed by atoms with Crippen molar-refractivity contribution in [1.82, 2.24) is 9.97 Å². The van der Waals surface area contributed by atoms with Gasteiger partial charge in [0.05, 0.1) is 0 Å². The topological polar surface area (TPSA) is 54.9 Å². The van der Waals surface area contributed by atoms with E-state index >= 15 is 0 Å². The van der Waals surface area contributed by atoms with Crippen molar-refractivity contribution in [3.8, 4) is 0 Å². The molecule has 0 fully saturated rings. The second kappa shape index (κ2) is 7.37. The van der Waals surface area contributed by atoms with Crippen LogP contribution in [0.25, 0.3) is 10.2 Å². The third-order valence-electron chi connectivity index (χ3n) is 4.88. The molecule has 0 unspecified atom stereocenters. The third kappa shape index (κ3) is 3.48. The number of benzene rings is 1. The molecule has 134 valence electrons. The van der Waals surface area contributed by atoms with Crippen LogP contribution in [0.15, 0.2) is 29.6 Å². The van der Waals surface area contributed by atoms with Crippen molar-refractivity contribution in [1.29, 1.82) is 0 Å². The van der Waals surface area contributed by atoms with Crippen LogP contribution < -0.4 is 5.32 Å². The Balaban J connectivity index is 1.37. The van der Waals surface area contributed by atoms with E-state index in [2.05, 4.69) is 41.3 Å². The third-order valence-corrected chi connectivity index (χ3v) is 6.99. The summed E-state index contributed by atoms with van der Waals surface area (Å²) in [7, 11) is 0. The van der Waals surface area contributed by atoms with Crippen molar-refractivity contribution < 1.29 is 4.79 Å². The maximum atomic E-state index is 12.3. The van der Waals surface area contributed by atoms with Gasteiger partial charge in [0.25, 0.3) is 0 Å². The fourth-order valence-electron chi connectivity index (χ4n) is 3.37. The Labute approximate surface area is 161 Å². The van der Waals surface area contributed by atoms with Gasteiger partial charge in [0.2, 0.25) is 5.91 Å². The lowest BCUT2D eigenvalue weighted by atomic mass is 10.1. The average Bonchev–Trinajstić information content (AvgIpc) is 3.20. The fourth-order valence-corrected chi connectivity index (χ4v) is 5.43. The Bertz CT molecular complexity index is 981. The minimum absolute atomic E-state index is 0.0546. The molecule has 4 rings (SSSR count). The zero-order valence-electron chi connectivity index (χ0n) is 15.0. The SMILES string of the molecule is Cc1sc2ncnc(SCCC(=O)Nc3ccc4c(c3)CCC4)c2c1C. The molecular formula is C20H21N3OS2. The molecular weight excluding hydrogens is 362 g/mol. The second-order valence-electron chi connectivity index (χ2n) is 6.63. The molecule has 4 nitrogen and oxygen atoms in total. The van der Waals surface area contributed by atoms with Crippen LogP contribution in [0.5, 0.6) is 0 Å². The number of hydrogen-bond acceptors (Lipinski definition) is 5. The zero-order chi connectivity index (χ0) is 18.1. The Kier molecular flexibility index (Phi) is 4.96. The Morgan fingerprint density at radius 1 is 1.23 bits per heavy atom. The molecule has 0 spiro atoms. The van der Waals surface area contributed by atoms with E-state index in [-0.39, 0.29) is 5.91 Å². The van der Waals surface area contributed by atoms with Crippen LogP contribution in [0.4, 0.5) is 5.69 Å². The molecule has 0 saturated carbocycles. The van der Waals surface area contributed by atoms with Gasteiger partial charge in [-0.05, 0) is 61.9 Å². The molecule has 1 aromatic carbocycles. The first-order valence-electron chi connectivity index (χ1n) is 8.87. The van der Waals surface area contributed by atoms with Crippen molar-refractivity contribution in [2.45, 2.75) is 44.6 Å². The van der Waals surface area contributed by atoms with E-state index in [9.17, 15) is 4.79 Å². The van der Waals surface area contributed by atoms with Gasteiger partial charge in [-0.1, -0.05) is 6.07 Å². The highest BCUT2D eigenvalue weighted by molar-refractivity contribution is 7.99. The summed E-state index contributed by atoms with van der Waals surface area (Å²) in [4.78, 5) is 23.4. The van der Waals surface area contributed by atoms with Gasteiger partial charge in [-0.2, -0.15) is 0 Å². The van der Waals surface area contributed by atoms with Crippen LogP contribution in [-0.2, 0) is 17.6 Å². The van der Waals surface area contributed by atoms with Crippen LogP contribution in [0, 0.1) is 13.8 Å². The van der Waals surface area contributed by atoms with E-state index in [4.69, 9.17) is 0 Å². The summed E-state index contributed by atoms with van der Waals surface area (Å²) in [5, 5.41) is 5.14. The van der Waals surface area contributed by atoms with E-state index < -0.39 is 0 Å².